The minimum absolute atomic E-state index is 0.0588. The smallest absolute Gasteiger partial charge is 0.124 e. The monoisotopic (exact) mass is 293 g/mol. The molecule has 0 amide bonds. The van der Waals surface area contributed by atoms with E-state index < -0.39 is 0 Å². The number of nitrogens with two attached hydrogens (primary N) is 1. The average Bonchev–Trinajstić information content (AvgIpc) is 2.50. The minimum atomic E-state index is -0.0588. The molecule has 1 aliphatic heterocycles. The summed E-state index contributed by atoms with van der Waals surface area (Å²) in [4.78, 5) is 4.68. The molecule has 2 atom stereocenters. The number of hydrogen-bond donors (Lipinski definition) is 1. The third-order valence-electron chi connectivity index (χ3n) is 4.14. The lowest BCUT2D eigenvalue weighted by Crippen LogP contribution is -2.54. The molecule has 0 aromatic heterocycles. The Hall–Kier alpha value is -1.14. The van der Waals surface area contributed by atoms with Gasteiger partial charge in [-0.25, -0.2) is 0 Å². The van der Waals surface area contributed by atoms with Gasteiger partial charge in [0.2, 0.25) is 0 Å². The second-order valence-electron chi connectivity index (χ2n) is 5.72. The summed E-state index contributed by atoms with van der Waals surface area (Å²) in [5.41, 5.74) is 7.62. The van der Waals surface area contributed by atoms with Gasteiger partial charge < -0.3 is 20.1 Å². The van der Waals surface area contributed by atoms with Gasteiger partial charge in [-0.1, -0.05) is 18.2 Å². The Bertz CT molecular complexity index is 441. The van der Waals surface area contributed by atoms with E-state index in [9.17, 15) is 0 Å². The zero-order valence-corrected chi connectivity index (χ0v) is 13.3. The summed E-state index contributed by atoms with van der Waals surface area (Å²) >= 11 is 0. The van der Waals surface area contributed by atoms with Crippen molar-refractivity contribution in [2.24, 2.45) is 5.73 Å². The van der Waals surface area contributed by atoms with Crippen LogP contribution in [-0.4, -0.2) is 69.9 Å². The van der Waals surface area contributed by atoms with E-state index in [-0.39, 0.29) is 6.04 Å². The number of piperazine rings is 1. The molecule has 1 aliphatic rings. The Morgan fingerprint density at radius 1 is 1.24 bits per heavy atom. The first kappa shape index (κ1) is 16.2. The van der Waals surface area contributed by atoms with E-state index in [2.05, 4.69) is 30.0 Å². The molecule has 21 heavy (non-hydrogen) atoms. The molecule has 0 bridgehead atoms. The van der Waals surface area contributed by atoms with Gasteiger partial charge in [0.05, 0.1) is 12.6 Å². The SMILES string of the molecule is COCCOc1ccccc1C(N)C1CN(C)CCN1C. The van der Waals surface area contributed by atoms with Gasteiger partial charge in [0.1, 0.15) is 12.4 Å². The largest absolute Gasteiger partial charge is 0.491 e. The maximum atomic E-state index is 6.55. The van der Waals surface area contributed by atoms with Crippen molar-refractivity contribution in [3.63, 3.8) is 0 Å². The molecule has 5 heteroatoms. The normalized spacial score (nSPS) is 22.2. The standard InChI is InChI=1S/C16H27N3O2/c1-18-8-9-19(2)14(12-18)16(17)13-6-4-5-7-15(13)21-11-10-20-3/h4-7,14,16H,8-12,17H2,1-3H3. The number of para-hydroxylation sites is 1. The summed E-state index contributed by atoms with van der Waals surface area (Å²) in [5, 5.41) is 0. The van der Waals surface area contributed by atoms with Crippen molar-refractivity contribution in [2.75, 3.05) is 54.1 Å². The molecule has 1 fully saturated rings. The van der Waals surface area contributed by atoms with Crippen molar-refractivity contribution in [1.82, 2.24) is 9.80 Å². The fraction of sp³-hybridized carbons (Fsp3) is 0.625. The number of hydrogen-bond acceptors (Lipinski definition) is 5. The van der Waals surface area contributed by atoms with E-state index in [1.165, 1.54) is 0 Å². The summed E-state index contributed by atoms with van der Waals surface area (Å²) in [7, 11) is 5.97. The Kier molecular flexibility index (Phi) is 5.99. The molecule has 0 radical (unpaired) electrons. The molecule has 1 saturated heterocycles. The highest BCUT2D eigenvalue weighted by molar-refractivity contribution is 5.36. The summed E-state index contributed by atoms with van der Waals surface area (Å²) in [5.74, 6) is 0.865. The molecule has 0 spiro atoms. The predicted octanol–water partition coefficient (Wildman–Crippen LogP) is 0.957. The van der Waals surface area contributed by atoms with Crippen LogP contribution in [0.3, 0.4) is 0 Å². The van der Waals surface area contributed by atoms with Crippen molar-refractivity contribution >= 4 is 0 Å². The Labute approximate surface area is 127 Å². The van der Waals surface area contributed by atoms with Crippen LogP contribution in [0, 0.1) is 0 Å². The molecule has 1 aromatic carbocycles. The fourth-order valence-electron chi connectivity index (χ4n) is 2.76. The maximum Gasteiger partial charge on any atom is 0.124 e. The van der Waals surface area contributed by atoms with Crippen LogP contribution in [0.4, 0.5) is 0 Å². The third kappa shape index (κ3) is 4.17. The second-order valence-corrected chi connectivity index (χ2v) is 5.72. The summed E-state index contributed by atoms with van der Waals surface area (Å²) in [6, 6.07) is 8.29. The maximum absolute atomic E-state index is 6.55. The van der Waals surface area contributed by atoms with E-state index in [0.29, 0.717) is 19.3 Å². The number of ether oxygens (including phenoxy) is 2. The topological polar surface area (TPSA) is 51.0 Å². The zero-order valence-electron chi connectivity index (χ0n) is 13.3. The van der Waals surface area contributed by atoms with E-state index in [1.54, 1.807) is 7.11 Å². The highest BCUT2D eigenvalue weighted by Crippen LogP contribution is 2.28. The highest BCUT2D eigenvalue weighted by atomic mass is 16.5. The van der Waals surface area contributed by atoms with Gasteiger partial charge in [0.25, 0.3) is 0 Å². The van der Waals surface area contributed by atoms with E-state index in [1.807, 2.05) is 18.2 Å². The van der Waals surface area contributed by atoms with Gasteiger partial charge in [0, 0.05) is 38.3 Å². The van der Waals surface area contributed by atoms with Crippen molar-refractivity contribution in [3.05, 3.63) is 29.8 Å². The average molecular weight is 293 g/mol. The molecule has 2 N–H and O–H groups in total. The zero-order chi connectivity index (χ0) is 15.2. The Balaban J connectivity index is 2.12. The van der Waals surface area contributed by atoms with Gasteiger partial charge in [-0.2, -0.15) is 0 Å². The first-order valence-electron chi connectivity index (χ1n) is 7.48. The highest BCUT2D eigenvalue weighted by Gasteiger charge is 2.29. The van der Waals surface area contributed by atoms with Crippen LogP contribution < -0.4 is 10.5 Å². The van der Waals surface area contributed by atoms with Crippen LogP contribution in [0.2, 0.25) is 0 Å². The first-order valence-corrected chi connectivity index (χ1v) is 7.48. The molecular formula is C16H27N3O2. The molecule has 2 rings (SSSR count). The number of rotatable bonds is 6. The molecule has 0 aliphatic carbocycles. The van der Waals surface area contributed by atoms with Crippen LogP contribution in [0.15, 0.2) is 24.3 Å². The van der Waals surface area contributed by atoms with Gasteiger partial charge in [0.15, 0.2) is 0 Å². The predicted molar refractivity (Wildman–Crippen MR) is 84.7 cm³/mol. The van der Waals surface area contributed by atoms with Crippen LogP contribution in [0.25, 0.3) is 0 Å². The second kappa shape index (κ2) is 7.75. The van der Waals surface area contributed by atoms with Crippen molar-refractivity contribution in [1.29, 1.82) is 0 Å². The van der Waals surface area contributed by atoms with Gasteiger partial charge in [-0.05, 0) is 20.2 Å². The number of nitrogens with zero attached hydrogens (tertiary/aromatic N) is 2. The number of likely N-dealkylation sites (N-methyl/N-ethyl adjacent to an activating group) is 2. The van der Waals surface area contributed by atoms with Crippen LogP contribution in [0.1, 0.15) is 11.6 Å². The Morgan fingerprint density at radius 2 is 2.00 bits per heavy atom. The molecule has 1 aromatic rings. The van der Waals surface area contributed by atoms with Gasteiger partial charge in [-0.15, -0.1) is 0 Å². The van der Waals surface area contributed by atoms with Crippen LogP contribution in [-0.2, 0) is 4.74 Å². The summed E-state index contributed by atoms with van der Waals surface area (Å²) < 4.78 is 10.9. The van der Waals surface area contributed by atoms with E-state index >= 15 is 0 Å². The molecule has 2 unspecified atom stereocenters. The molecule has 1 heterocycles. The third-order valence-corrected chi connectivity index (χ3v) is 4.14. The van der Waals surface area contributed by atoms with Crippen molar-refractivity contribution in [3.8, 4) is 5.75 Å². The molecule has 5 nitrogen and oxygen atoms in total. The van der Waals surface area contributed by atoms with Crippen molar-refractivity contribution < 1.29 is 9.47 Å². The molecule has 0 saturated carbocycles. The summed E-state index contributed by atoms with van der Waals surface area (Å²) in [6.07, 6.45) is 0. The van der Waals surface area contributed by atoms with Crippen LogP contribution >= 0.6 is 0 Å². The van der Waals surface area contributed by atoms with Crippen molar-refractivity contribution in [2.45, 2.75) is 12.1 Å². The number of methoxy groups -OCH3 is 1. The van der Waals surface area contributed by atoms with Gasteiger partial charge in [-0.3, -0.25) is 4.90 Å². The summed E-state index contributed by atoms with van der Waals surface area (Å²) in [6.45, 7) is 4.23. The lowest BCUT2D eigenvalue weighted by Gasteiger charge is -2.41. The van der Waals surface area contributed by atoms with Gasteiger partial charge >= 0.3 is 0 Å². The fourth-order valence-corrected chi connectivity index (χ4v) is 2.76. The van der Waals surface area contributed by atoms with E-state index in [4.69, 9.17) is 15.2 Å². The molecular weight excluding hydrogens is 266 g/mol. The quantitative estimate of drug-likeness (QED) is 0.792. The minimum Gasteiger partial charge on any atom is -0.491 e. The van der Waals surface area contributed by atoms with Crippen LogP contribution in [0.5, 0.6) is 5.75 Å². The molecule has 118 valence electrons. The lowest BCUT2D eigenvalue weighted by molar-refractivity contribution is 0.0958. The lowest BCUT2D eigenvalue weighted by atomic mass is 9.96. The Morgan fingerprint density at radius 3 is 2.76 bits per heavy atom. The van der Waals surface area contributed by atoms with E-state index in [0.717, 1.165) is 30.9 Å². The first-order chi connectivity index (χ1) is 10.1. The number of benzene rings is 1.